The van der Waals surface area contributed by atoms with Gasteiger partial charge in [0.15, 0.2) is 0 Å². The van der Waals surface area contributed by atoms with E-state index in [1.54, 1.807) is 36.3 Å². The normalized spacial score (nSPS) is 18.7. The molecule has 0 aromatic carbocycles. The molecule has 3 rings (SSSR count). The van der Waals surface area contributed by atoms with Gasteiger partial charge in [0.2, 0.25) is 5.91 Å². The van der Waals surface area contributed by atoms with Crippen LogP contribution in [-0.2, 0) is 9.53 Å². The Morgan fingerprint density at radius 3 is 2.93 bits per heavy atom. The average molecular weight is 406 g/mol. The molecule has 3 N–H and O–H groups in total. The predicted octanol–water partition coefficient (Wildman–Crippen LogP) is 2.37. The van der Waals surface area contributed by atoms with Crippen molar-refractivity contribution in [2.75, 3.05) is 17.7 Å². The summed E-state index contributed by atoms with van der Waals surface area (Å²) in [6.45, 7) is 1.81. The van der Waals surface area contributed by atoms with Crippen molar-refractivity contribution in [3.05, 3.63) is 47.1 Å². The molecule has 8 nitrogen and oxygen atoms in total. The largest absolute Gasteiger partial charge is 0.450 e. The number of carbonyl (C=O) groups is 3. The molecule has 2 aromatic heterocycles. The second-order valence-corrected chi connectivity index (χ2v) is 7.57. The smallest absolute Gasteiger partial charge is 0.414 e. The van der Waals surface area contributed by atoms with E-state index in [2.05, 4.69) is 20.9 Å². The number of ether oxygens (including phenoxy) is 1. The summed E-state index contributed by atoms with van der Waals surface area (Å²) in [4.78, 5) is 40.4. The van der Waals surface area contributed by atoms with Gasteiger partial charge in [-0.05, 0) is 30.5 Å². The highest BCUT2D eigenvalue weighted by Gasteiger charge is 2.32. The van der Waals surface area contributed by atoms with Crippen LogP contribution in [-0.4, -0.2) is 41.3 Å². The third-order valence-electron chi connectivity index (χ3n) is 3.69. The molecule has 142 valence electrons. The number of thioether (sulfide) groups is 1. The van der Waals surface area contributed by atoms with Gasteiger partial charge in [-0.2, -0.15) is 0 Å². The summed E-state index contributed by atoms with van der Waals surface area (Å²) in [5.74, 6) is -0.276. The lowest BCUT2D eigenvalue weighted by molar-refractivity contribution is -0.117. The van der Waals surface area contributed by atoms with Crippen molar-refractivity contribution in [3.8, 4) is 0 Å². The molecule has 3 heterocycles. The summed E-state index contributed by atoms with van der Waals surface area (Å²) < 4.78 is 4.69. The van der Waals surface area contributed by atoms with Gasteiger partial charge in [-0.1, -0.05) is 6.07 Å². The van der Waals surface area contributed by atoms with Crippen molar-refractivity contribution >= 4 is 46.0 Å². The Balaban J connectivity index is 1.60. The fourth-order valence-electron chi connectivity index (χ4n) is 2.44. The Labute approximate surface area is 164 Å². The number of amides is 3. The van der Waals surface area contributed by atoms with E-state index in [4.69, 9.17) is 4.74 Å². The van der Waals surface area contributed by atoms with Crippen LogP contribution in [0.2, 0.25) is 0 Å². The van der Waals surface area contributed by atoms with Crippen molar-refractivity contribution < 1.29 is 19.1 Å². The quantitative estimate of drug-likeness (QED) is 0.699. The van der Waals surface area contributed by atoms with E-state index >= 15 is 0 Å². The fraction of sp³-hybridized carbons (Fsp3) is 0.294. The first-order valence-corrected chi connectivity index (χ1v) is 10.2. The molecule has 10 heteroatoms. The molecule has 2 aromatic rings. The zero-order valence-corrected chi connectivity index (χ0v) is 16.1. The lowest BCUT2D eigenvalue weighted by atomic mass is 10.2. The molecule has 0 radical (unpaired) electrons. The Morgan fingerprint density at radius 1 is 1.33 bits per heavy atom. The summed E-state index contributed by atoms with van der Waals surface area (Å²) in [5, 5.41) is 10.1. The van der Waals surface area contributed by atoms with E-state index in [-0.39, 0.29) is 23.5 Å². The zero-order chi connectivity index (χ0) is 19.2. The standard InChI is InChI=1S/C17H18N4O4S2/c1-2-25-17(24)21-13(22)10-6-8-26-15(10)20-14(23)12-9-27-16(19-12)11-5-3-4-7-18-11/h3-8,12,16,19H,2,9H2,1H3,(H,20,23)(H,21,22,24). The molecule has 2 atom stereocenters. The summed E-state index contributed by atoms with van der Waals surface area (Å²) >= 11 is 2.81. The highest BCUT2D eigenvalue weighted by Crippen LogP contribution is 2.32. The van der Waals surface area contributed by atoms with Crippen LogP contribution < -0.4 is 16.0 Å². The highest BCUT2D eigenvalue weighted by molar-refractivity contribution is 7.99. The Morgan fingerprint density at radius 2 is 2.19 bits per heavy atom. The maximum atomic E-state index is 12.6. The van der Waals surface area contributed by atoms with Crippen molar-refractivity contribution in [2.45, 2.75) is 18.3 Å². The first kappa shape index (κ1) is 19.3. The molecule has 1 fully saturated rings. The van der Waals surface area contributed by atoms with Crippen LogP contribution in [0.3, 0.4) is 0 Å². The predicted molar refractivity (Wildman–Crippen MR) is 104 cm³/mol. The van der Waals surface area contributed by atoms with Crippen molar-refractivity contribution in [1.29, 1.82) is 0 Å². The molecule has 0 spiro atoms. The zero-order valence-electron chi connectivity index (χ0n) is 14.4. The highest BCUT2D eigenvalue weighted by atomic mass is 32.2. The number of nitrogens with zero attached hydrogens (tertiary/aromatic N) is 1. The van der Waals surface area contributed by atoms with E-state index in [0.717, 1.165) is 5.69 Å². The molecular weight excluding hydrogens is 388 g/mol. The number of pyridine rings is 1. The first-order chi connectivity index (χ1) is 13.1. The molecule has 1 aliphatic rings. The van der Waals surface area contributed by atoms with Gasteiger partial charge < -0.3 is 10.1 Å². The van der Waals surface area contributed by atoms with Crippen LogP contribution in [0, 0.1) is 0 Å². The van der Waals surface area contributed by atoms with Crippen molar-refractivity contribution in [1.82, 2.24) is 15.6 Å². The number of carbonyl (C=O) groups excluding carboxylic acids is 3. The minimum absolute atomic E-state index is 0.0585. The number of imide groups is 1. The summed E-state index contributed by atoms with van der Waals surface area (Å²) in [6, 6.07) is 6.78. The Bertz CT molecular complexity index is 827. The van der Waals surface area contributed by atoms with Gasteiger partial charge in [-0.25, -0.2) is 4.79 Å². The monoisotopic (exact) mass is 406 g/mol. The van der Waals surface area contributed by atoms with Gasteiger partial charge in [0, 0.05) is 11.9 Å². The molecule has 1 saturated heterocycles. The number of anilines is 1. The third kappa shape index (κ3) is 4.85. The number of rotatable bonds is 5. The average Bonchev–Trinajstić information content (AvgIpc) is 3.32. The molecule has 1 aliphatic heterocycles. The minimum atomic E-state index is -0.821. The summed E-state index contributed by atoms with van der Waals surface area (Å²) in [5.41, 5.74) is 1.08. The molecule has 0 saturated carbocycles. The van der Waals surface area contributed by atoms with E-state index in [1.165, 1.54) is 11.3 Å². The topological polar surface area (TPSA) is 109 Å². The number of thiophene rings is 1. The van der Waals surface area contributed by atoms with Gasteiger partial charge in [-0.15, -0.1) is 23.1 Å². The maximum Gasteiger partial charge on any atom is 0.414 e. The molecule has 27 heavy (non-hydrogen) atoms. The second kappa shape index (κ2) is 8.98. The van der Waals surface area contributed by atoms with E-state index in [1.807, 2.05) is 18.2 Å². The van der Waals surface area contributed by atoms with E-state index < -0.39 is 18.0 Å². The van der Waals surface area contributed by atoms with Crippen LogP contribution in [0.1, 0.15) is 28.3 Å². The van der Waals surface area contributed by atoms with Gasteiger partial charge in [0.05, 0.1) is 29.3 Å². The second-order valence-electron chi connectivity index (χ2n) is 5.51. The fourth-order valence-corrected chi connectivity index (χ4v) is 4.43. The lowest BCUT2D eigenvalue weighted by Gasteiger charge is -2.13. The minimum Gasteiger partial charge on any atom is -0.450 e. The maximum absolute atomic E-state index is 12.6. The number of hydrogen-bond acceptors (Lipinski definition) is 8. The first-order valence-electron chi connectivity index (χ1n) is 8.23. The summed E-state index contributed by atoms with van der Waals surface area (Å²) in [6.07, 6.45) is 0.892. The van der Waals surface area contributed by atoms with Gasteiger partial charge >= 0.3 is 6.09 Å². The van der Waals surface area contributed by atoms with Crippen LogP contribution >= 0.6 is 23.1 Å². The van der Waals surface area contributed by atoms with Crippen LogP contribution in [0.4, 0.5) is 9.80 Å². The van der Waals surface area contributed by atoms with Crippen LogP contribution in [0.5, 0.6) is 0 Å². The van der Waals surface area contributed by atoms with Gasteiger partial charge in [0.1, 0.15) is 5.00 Å². The molecule has 0 bridgehead atoms. The molecule has 2 unspecified atom stereocenters. The van der Waals surface area contributed by atoms with Crippen LogP contribution in [0.25, 0.3) is 0 Å². The number of alkyl carbamates (subject to hydrolysis) is 1. The van der Waals surface area contributed by atoms with E-state index in [9.17, 15) is 14.4 Å². The Kier molecular flexibility index (Phi) is 6.43. The number of aromatic nitrogens is 1. The SMILES string of the molecule is CCOC(=O)NC(=O)c1ccsc1NC(=O)C1CSC(c2ccccn2)N1. The number of hydrogen-bond donors (Lipinski definition) is 3. The third-order valence-corrected chi connectivity index (χ3v) is 5.76. The lowest BCUT2D eigenvalue weighted by Crippen LogP contribution is -2.39. The van der Waals surface area contributed by atoms with Gasteiger partial charge in [0.25, 0.3) is 5.91 Å². The molecular formula is C17H18N4O4S2. The van der Waals surface area contributed by atoms with Gasteiger partial charge in [-0.3, -0.25) is 25.2 Å². The molecule has 0 aliphatic carbocycles. The van der Waals surface area contributed by atoms with Crippen molar-refractivity contribution in [2.24, 2.45) is 0 Å². The Hall–Kier alpha value is -2.43. The van der Waals surface area contributed by atoms with Crippen molar-refractivity contribution in [3.63, 3.8) is 0 Å². The van der Waals surface area contributed by atoms with Crippen LogP contribution in [0.15, 0.2) is 35.8 Å². The molecule has 3 amide bonds. The van der Waals surface area contributed by atoms with E-state index in [0.29, 0.717) is 10.8 Å². The number of nitrogens with one attached hydrogen (secondary N) is 3. The summed E-state index contributed by atoms with van der Waals surface area (Å²) in [7, 11) is 0.